The Bertz CT molecular complexity index is 462. The fourth-order valence-corrected chi connectivity index (χ4v) is 3.32. The lowest BCUT2D eigenvalue weighted by Crippen LogP contribution is -2.15. The predicted octanol–water partition coefficient (Wildman–Crippen LogP) is 2.36. The summed E-state index contributed by atoms with van der Waals surface area (Å²) in [6, 6.07) is 5.98. The fraction of sp³-hybridized carbons (Fsp3) is 0.462. The number of amidine groups is 1. The molecule has 0 aromatic heterocycles. The van der Waals surface area contributed by atoms with E-state index in [0.717, 1.165) is 24.2 Å². The summed E-state index contributed by atoms with van der Waals surface area (Å²) in [4.78, 5) is 1.20. The maximum Gasteiger partial charge on any atom is 0.170 e. The lowest BCUT2D eigenvalue weighted by atomic mass is 10.1. The van der Waals surface area contributed by atoms with Crippen LogP contribution in [0.2, 0.25) is 0 Å². The van der Waals surface area contributed by atoms with Crippen LogP contribution in [0.25, 0.3) is 0 Å². The first-order valence-corrected chi connectivity index (χ1v) is 6.86. The van der Waals surface area contributed by atoms with Gasteiger partial charge in [-0.25, -0.2) is 0 Å². The molecule has 1 aromatic rings. The van der Waals surface area contributed by atoms with Gasteiger partial charge in [-0.1, -0.05) is 5.16 Å². The number of rotatable bonds is 3. The molecule has 1 saturated heterocycles. The zero-order valence-corrected chi connectivity index (χ0v) is 11.4. The molecule has 0 amide bonds. The second-order valence-corrected chi connectivity index (χ2v) is 5.80. The van der Waals surface area contributed by atoms with Crippen LogP contribution in [0.3, 0.4) is 0 Å². The number of hydrogen-bond acceptors (Lipinski definition) is 4. The highest BCUT2D eigenvalue weighted by Crippen LogP contribution is 2.33. The van der Waals surface area contributed by atoms with Gasteiger partial charge in [0.1, 0.15) is 0 Å². The smallest absolute Gasteiger partial charge is 0.170 e. The van der Waals surface area contributed by atoms with E-state index in [4.69, 9.17) is 15.7 Å². The van der Waals surface area contributed by atoms with Crippen LogP contribution < -0.4 is 5.73 Å². The second-order valence-electron chi connectivity index (χ2n) is 4.48. The van der Waals surface area contributed by atoms with Gasteiger partial charge in [-0.15, -0.1) is 11.8 Å². The van der Waals surface area contributed by atoms with Gasteiger partial charge in [-0.3, -0.25) is 0 Å². The molecule has 1 aromatic carbocycles. The van der Waals surface area contributed by atoms with Crippen LogP contribution in [0.5, 0.6) is 0 Å². The maximum atomic E-state index is 8.69. The lowest BCUT2D eigenvalue weighted by molar-refractivity contribution is 0.127. The highest BCUT2D eigenvalue weighted by atomic mass is 32.2. The minimum atomic E-state index is 0.154. The molecule has 2 unspecified atom stereocenters. The molecule has 4 nitrogen and oxygen atoms in total. The van der Waals surface area contributed by atoms with Gasteiger partial charge in [0.15, 0.2) is 5.84 Å². The molecule has 2 atom stereocenters. The van der Waals surface area contributed by atoms with Crippen molar-refractivity contribution in [1.29, 1.82) is 0 Å². The zero-order chi connectivity index (χ0) is 13.1. The van der Waals surface area contributed by atoms with Crippen LogP contribution in [-0.4, -0.2) is 29.0 Å². The predicted molar refractivity (Wildman–Crippen MR) is 73.4 cm³/mol. The first-order chi connectivity index (χ1) is 8.61. The SMILES string of the molecule is Cc1cc(SC2CCOC2C)ccc1/C(N)=N/O. The molecular formula is C13H18N2O2S. The Morgan fingerprint density at radius 1 is 1.56 bits per heavy atom. The highest BCUT2D eigenvalue weighted by molar-refractivity contribution is 8.00. The molecule has 18 heavy (non-hydrogen) atoms. The Labute approximate surface area is 111 Å². The number of nitrogens with two attached hydrogens (primary N) is 1. The topological polar surface area (TPSA) is 67.8 Å². The Kier molecular flexibility index (Phi) is 4.14. The molecule has 98 valence electrons. The number of benzene rings is 1. The van der Waals surface area contributed by atoms with Crippen LogP contribution in [0, 0.1) is 6.92 Å². The van der Waals surface area contributed by atoms with E-state index in [0.29, 0.717) is 11.4 Å². The molecule has 1 heterocycles. The minimum absolute atomic E-state index is 0.154. The quantitative estimate of drug-likeness (QED) is 0.381. The van der Waals surface area contributed by atoms with Gasteiger partial charge in [-0.05, 0) is 44.0 Å². The van der Waals surface area contributed by atoms with Crippen molar-refractivity contribution in [2.24, 2.45) is 10.9 Å². The largest absolute Gasteiger partial charge is 0.409 e. The molecule has 1 aliphatic rings. The molecule has 0 aliphatic carbocycles. The van der Waals surface area contributed by atoms with E-state index in [1.54, 1.807) is 0 Å². The third-order valence-electron chi connectivity index (χ3n) is 3.18. The summed E-state index contributed by atoms with van der Waals surface area (Å²) in [6.07, 6.45) is 1.39. The van der Waals surface area contributed by atoms with Crippen LogP contribution in [0.1, 0.15) is 24.5 Å². The van der Waals surface area contributed by atoms with E-state index < -0.39 is 0 Å². The third-order valence-corrected chi connectivity index (χ3v) is 4.62. The second kappa shape index (κ2) is 5.63. The van der Waals surface area contributed by atoms with Crippen LogP contribution in [-0.2, 0) is 4.74 Å². The van der Waals surface area contributed by atoms with Gasteiger partial charge >= 0.3 is 0 Å². The van der Waals surface area contributed by atoms with Gasteiger partial charge in [-0.2, -0.15) is 0 Å². The van der Waals surface area contributed by atoms with E-state index in [2.05, 4.69) is 18.1 Å². The average Bonchev–Trinajstić information content (AvgIpc) is 2.74. The Balaban J connectivity index is 2.14. The monoisotopic (exact) mass is 266 g/mol. The molecule has 0 spiro atoms. The van der Waals surface area contributed by atoms with Crippen LogP contribution in [0.15, 0.2) is 28.3 Å². The lowest BCUT2D eigenvalue weighted by Gasteiger charge is -2.14. The molecule has 0 radical (unpaired) electrons. The van der Waals surface area contributed by atoms with Crippen LogP contribution in [0.4, 0.5) is 0 Å². The number of ether oxygens (including phenoxy) is 1. The summed E-state index contributed by atoms with van der Waals surface area (Å²) in [5, 5.41) is 12.2. The minimum Gasteiger partial charge on any atom is -0.409 e. The average molecular weight is 266 g/mol. The summed E-state index contributed by atoms with van der Waals surface area (Å²) in [5.74, 6) is 0.154. The summed E-state index contributed by atoms with van der Waals surface area (Å²) < 4.78 is 5.55. The molecule has 3 N–H and O–H groups in total. The van der Waals surface area contributed by atoms with E-state index in [9.17, 15) is 0 Å². The van der Waals surface area contributed by atoms with Crippen molar-refractivity contribution in [3.05, 3.63) is 29.3 Å². The van der Waals surface area contributed by atoms with Gasteiger partial charge in [0.05, 0.1) is 6.10 Å². The van der Waals surface area contributed by atoms with Crippen molar-refractivity contribution in [3.8, 4) is 0 Å². The molecular weight excluding hydrogens is 248 g/mol. The highest BCUT2D eigenvalue weighted by Gasteiger charge is 2.25. The zero-order valence-electron chi connectivity index (χ0n) is 10.6. The van der Waals surface area contributed by atoms with Crippen molar-refractivity contribution < 1.29 is 9.94 Å². The standard InChI is InChI=1S/C13H18N2O2S/c1-8-7-10(3-4-11(8)13(14)15-16)18-12-5-6-17-9(12)2/h3-4,7,9,12,16H,5-6H2,1-2H3,(H2,14,15). The Hall–Kier alpha value is -1.20. The number of oxime groups is 1. The Morgan fingerprint density at radius 2 is 2.33 bits per heavy atom. The summed E-state index contributed by atoms with van der Waals surface area (Å²) >= 11 is 1.83. The Morgan fingerprint density at radius 3 is 2.89 bits per heavy atom. The first kappa shape index (κ1) is 13.2. The van der Waals surface area contributed by atoms with Crippen LogP contribution >= 0.6 is 11.8 Å². The number of aryl methyl sites for hydroxylation is 1. The number of thioether (sulfide) groups is 1. The molecule has 0 bridgehead atoms. The van der Waals surface area contributed by atoms with Crippen molar-refractivity contribution >= 4 is 17.6 Å². The summed E-state index contributed by atoms with van der Waals surface area (Å²) in [5.41, 5.74) is 7.40. The first-order valence-electron chi connectivity index (χ1n) is 5.98. The van der Waals surface area contributed by atoms with E-state index in [1.807, 2.05) is 30.8 Å². The fourth-order valence-electron chi connectivity index (χ4n) is 2.09. The van der Waals surface area contributed by atoms with Crippen molar-refractivity contribution in [1.82, 2.24) is 0 Å². The number of nitrogens with zero attached hydrogens (tertiary/aromatic N) is 1. The van der Waals surface area contributed by atoms with E-state index in [-0.39, 0.29) is 5.84 Å². The van der Waals surface area contributed by atoms with Crippen molar-refractivity contribution in [2.45, 2.75) is 36.5 Å². The maximum absolute atomic E-state index is 8.69. The third kappa shape index (κ3) is 2.79. The van der Waals surface area contributed by atoms with E-state index >= 15 is 0 Å². The van der Waals surface area contributed by atoms with Crippen molar-refractivity contribution in [3.63, 3.8) is 0 Å². The molecule has 1 aliphatic heterocycles. The summed E-state index contributed by atoms with van der Waals surface area (Å²) in [6.45, 7) is 4.92. The normalized spacial score (nSPS) is 24.4. The molecule has 2 rings (SSSR count). The number of hydrogen-bond donors (Lipinski definition) is 2. The van der Waals surface area contributed by atoms with Crippen molar-refractivity contribution in [2.75, 3.05) is 6.61 Å². The molecule has 5 heteroatoms. The van der Waals surface area contributed by atoms with E-state index in [1.165, 1.54) is 4.90 Å². The van der Waals surface area contributed by atoms with Gasteiger partial charge in [0.2, 0.25) is 0 Å². The van der Waals surface area contributed by atoms with Gasteiger partial charge < -0.3 is 15.7 Å². The van der Waals surface area contributed by atoms with Gasteiger partial charge in [0.25, 0.3) is 0 Å². The molecule has 0 saturated carbocycles. The summed E-state index contributed by atoms with van der Waals surface area (Å²) in [7, 11) is 0. The molecule has 1 fully saturated rings. The van der Waals surface area contributed by atoms with Gasteiger partial charge in [0, 0.05) is 22.3 Å².